The average Bonchev–Trinajstić information content (AvgIpc) is 3.67. The normalized spacial score (nSPS) is 18.0. The van der Waals surface area contributed by atoms with Crippen LogP contribution >= 0.6 is 0 Å². The molecular weight excluding hydrogens is 417 g/mol. The van der Waals surface area contributed by atoms with Gasteiger partial charge in [-0.2, -0.15) is 4.39 Å². The van der Waals surface area contributed by atoms with Crippen molar-refractivity contribution in [2.45, 2.75) is 50.5 Å². The van der Waals surface area contributed by atoms with Crippen LogP contribution in [0.15, 0.2) is 66.5 Å². The molecule has 0 unspecified atom stereocenters. The van der Waals surface area contributed by atoms with Gasteiger partial charge in [0.15, 0.2) is 0 Å². The number of nitrogens with zero attached hydrogens (tertiary/aromatic N) is 2. The minimum Gasteiger partial charge on any atom is -0.439 e. The van der Waals surface area contributed by atoms with Crippen molar-refractivity contribution < 1.29 is 13.9 Å². The van der Waals surface area contributed by atoms with Gasteiger partial charge in [-0.3, -0.25) is 4.79 Å². The molecular formula is C27H26FN3O2. The summed E-state index contributed by atoms with van der Waals surface area (Å²) in [5.41, 5.74) is 4.12. The van der Waals surface area contributed by atoms with Gasteiger partial charge in [-0.25, -0.2) is 9.97 Å². The Morgan fingerprint density at radius 2 is 1.85 bits per heavy atom. The topological polar surface area (TPSA) is 64.1 Å². The number of rotatable bonds is 6. The molecule has 0 spiro atoms. The van der Waals surface area contributed by atoms with Crippen molar-refractivity contribution in [1.29, 1.82) is 0 Å². The SMILES string of the molecule is O=C(NC1CCC(=Cc2cccc(Oc3ccc(C4CC4)cn3)c2)CC1)c1ccc(F)nc1. The zero-order valence-corrected chi connectivity index (χ0v) is 18.3. The Hall–Kier alpha value is -3.54. The summed E-state index contributed by atoms with van der Waals surface area (Å²) in [5.74, 6) is 1.27. The van der Waals surface area contributed by atoms with Crippen molar-refractivity contribution in [3.05, 3.63) is 89.1 Å². The molecule has 2 saturated carbocycles. The number of benzene rings is 1. The maximum Gasteiger partial charge on any atom is 0.253 e. The van der Waals surface area contributed by atoms with Gasteiger partial charge in [-0.1, -0.05) is 29.8 Å². The van der Waals surface area contributed by atoms with E-state index in [1.807, 2.05) is 30.5 Å². The molecule has 5 rings (SSSR count). The minimum absolute atomic E-state index is 0.110. The van der Waals surface area contributed by atoms with Crippen LogP contribution in [0.2, 0.25) is 0 Å². The first-order valence-electron chi connectivity index (χ1n) is 11.5. The van der Waals surface area contributed by atoms with E-state index in [9.17, 15) is 9.18 Å². The second-order valence-corrected chi connectivity index (χ2v) is 8.80. The molecule has 33 heavy (non-hydrogen) atoms. The van der Waals surface area contributed by atoms with Gasteiger partial charge in [-0.15, -0.1) is 0 Å². The summed E-state index contributed by atoms with van der Waals surface area (Å²) in [7, 11) is 0. The molecule has 2 aliphatic rings. The predicted molar refractivity (Wildman–Crippen MR) is 125 cm³/mol. The molecule has 2 fully saturated rings. The van der Waals surface area contributed by atoms with E-state index in [1.165, 1.54) is 42.3 Å². The number of hydrogen-bond donors (Lipinski definition) is 1. The van der Waals surface area contributed by atoms with Crippen molar-refractivity contribution in [3.8, 4) is 11.6 Å². The Balaban J connectivity index is 1.15. The lowest BCUT2D eigenvalue weighted by Crippen LogP contribution is -2.36. The summed E-state index contributed by atoms with van der Waals surface area (Å²) in [6.07, 6.45) is 11.5. The zero-order valence-electron chi connectivity index (χ0n) is 18.3. The van der Waals surface area contributed by atoms with Gasteiger partial charge in [0.1, 0.15) is 5.75 Å². The zero-order chi connectivity index (χ0) is 22.6. The second-order valence-electron chi connectivity index (χ2n) is 8.80. The Kier molecular flexibility index (Phi) is 6.15. The van der Waals surface area contributed by atoms with E-state index < -0.39 is 5.95 Å². The van der Waals surface area contributed by atoms with Gasteiger partial charge in [-0.05, 0) is 79.8 Å². The van der Waals surface area contributed by atoms with Gasteiger partial charge >= 0.3 is 0 Å². The van der Waals surface area contributed by atoms with Crippen molar-refractivity contribution in [3.63, 3.8) is 0 Å². The van der Waals surface area contributed by atoms with Crippen LogP contribution in [0.1, 0.15) is 65.9 Å². The van der Waals surface area contributed by atoms with Crippen molar-refractivity contribution in [2.75, 3.05) is 0 Å². The van der Waals surface area contributed by atoms with E-state index in [0.29, 0.717) is 17.4 Å². The van der Waals surface area contributed by atoms with Gasteiger partial charge in [0.25, 0.3) is 5.91 Å². The molecule has 1 aromatic carbocycles. The predicted octanol–water partition coefficient (Wildman–Crippen LogP) is 6.04. The highest BCUT2D eigenvalue weighted by Gasteiger charge is 2.23. The van der Waals surface area contributed by atoms with E-state index in [1.54, 1.807) is 0 Å². The van der Waals surface area contributed by atoms with Gasteiger partial charge in [0.05, 0.1) is 5.56 Å². The van der Waals surface area contributed by atoms with Crippen molar-refractivity contribution in [2.24, 2.45) is 0 Å². The number of hydrogen-bond acceptors (Lipinski definition) is 4. The number of carbonyl (C=O) groups is 1. The second kappa shape index (κ2) is 9.53. The Morgan fingerprint density at radius 1 is 1.00 bits per heavy atom. The maximum absolute atomic E-state index is 12.9. The molecule has 0 atom stereocenters. The number of pyridine rings is 2. The third kappa shape index (κ3) is 5.64. The molecule has 6 heteroatoms. The third-order valence-corrected chi connectivity index (χ3v) is 6.21. The minimum atomic E-state index is -0.587. The van der Waals surface area contributed by atoms with Crippen LogP contribution in [0.4, 0.5) is 4.39 Å². The fourth-order valence-corrected chi connectivity index (χ4v) is 4.19. The van der Waals surface area contributed by atoms with E-state index in [2.05, 4.69) is 33.5 Å². The number of ether oxygens (including phenoxy) is 1. The number of carbonyl (C=O) groups excluding carboxylic acids is 1. The molecule has 0 aliphatic heterocycles. The standard InChI is InChI=1S/C27H26FN3O2/c28-25-12-8-22(17-29-25)27(32)31-23-10-4-18(5-11-23)14-19-2-1-3-24(15-19)33-26-13-9-21(16-30-26)20-6-7-20/h1-3,8-9,12-17,20,23H,4-7,10-11H2,(H,31,32). The lowest BCUT2D eigenvalue weighted by Gasteiger charge is -2.25. The van der Waals surface area contributed by atoms with Crippen LogP contribution in [0.5, 0.6) is 11.6 Å². The van der Waals surface area contributed by atoms with E-state index in [-0.39, 0.29) is 11.9 Å². The maximum atomic E-state index is 12.9. The largest absolute Gasteiger partial charge is 0.439 e. The summed E-state index contributed by atoms with van der Waals surface area (Å²) < 4.78 is 18.9. The Bertz CT molecular complexity index is 1140. The molecule has 3 aromatic rings. The van der Waals surface area contributed by atoms with Crippen LogP contribution < -0.4 is 10.1 Å². The number of halogens is 1. The first-order valence-corrected chi connectivity index (χ1v) is 11.5. The smallest absolute Gasteiger partial charge is 0.253 e. The molecule has 2 heterocycles. The van der Waals surface area contributed by atoms with Crippen LogP contribution in [-0.2, 0) is 0 Å². The van der Waals surface area contributed by atoms with Gasteiger partial charge < -0.3 is 10.1 Å². The summed E-state index contributed by atoms with van der Waals surface area (Å²) in [6.45, 7) is 0. The molecule has 2 aliphatic carbocycles. The summed E-state index contributed by atoms with van der Waals surface area (Å²) >= 11 is 0. The highest BCUT2D eigenvalue weighted by molar-refractivity contribution is 5.94. The fraction of sp³-hybridized carbons (Fsp3) is 0.296. The molecule has 1 N–H and O–H groups in total. The van der Waals surface area contributed by atoms with Gasteiger partial charge in [0, 0.05) is 24.5 Å². The molecule has 168 valence electrons. The lowest BCUT2D eigenvalue weighted by molar-refractivity contribution is 0.0930. The molecule has 2 aromatic heterocycles. The summed E-state index contributed by atoms with van der Waals surface area (Å²) in [5, 5.41) is 3.03. The molecule has 0 bridgehead atoms. The van der Waals surface area contributed by atoms with Crippen LogP contribution in [-0.4, -0.2) is 21.9 Å². The molecule has 0 radical (unpaired) electrons. The van der Waals surface area contributed by atoms with Crippen LogP contribution in [0, 0.1) is 5.95 Å². The first-order chi connectivity index (χ1) is 16.1. The number of aromatic nitrogens is 2. The lowest BCUT2D eigenvalue weighted by atomic mass is 9.89. The Labute approximate surface area is 192 Å². The fourth-order valence-electron chi connectivity index (χ4n) is 4.19. The van der Waals surface area contributed by atoms with E-state index >= 15 is 0 Å². The van der Waals surface area contributed by atoms with Crippen LogP contribution in [0.25, 0.3) is 6.08 Å². The van der Waals surface area contributed by atoms with Crippen molar-refractivity contribution >= 4 is 12.0 Å². The molecule has 5 nitrogen and oxygen atoms in total. The third-order valence-electron chi connectivity index (χ3n) is 6.21. The Morgan fingerprint density at radius 3 is 2.55 bits per heavy atom. The number of nitrogens with one attached hydrogen (secondary N) is 1. The highest BCUT2D eigenvalue weighted by atomic mass is 19.1. The van der Waals surface area contributed by atoms with Gasteiger partial charge in [0.2, 0.25) is 11.8 Å². The quantitative estimate of drug-likeness (QED) is 0.472. The van der Waals surface area contributed by atoms with Crippen LogP contribution in [0.3, 0.4) is 0 Å². The monoisotopic (exact) mass is 443 g/mol. The number of amides is 1. The first kappa shape index (κ1) is 21.3. The van der Waals surface area contributed by atoms with E-state index in [4.69, 9.17) is 4.74 Å². The summed E-state index contributed by atoms with van der Waals surface area (Å²) in [6, 6.07) is 14.8. The van der Waals surface area contributed by atoms with E-state index in [0.717, 1.165) is 37.0 Å². The highest BCUT2D eigenvalue weighted by Crippen LogP contribution is 2.40. The van der Waals surface area contributed by atoms with Crippen molar-refractivity contribution in [1.82, 2.24) is 15.3 Å². The summed E-state index contributed by atoms with van der Waals surface area (Å²) in [4.78, 5) is 20.3. The number of allylic oxidation sites excluding steroid dienone is 1. The molecule has 1 amide bonds. The molecule has 0 saturated heterocycles. The average molecular weight is 444 g/mol.